The molecule has 4 aliphatic rings. The normalized spacial score (nSPS) is 42.3. The quantitative estimate of drug-likeness (QED) is 0.694. The van der Waals surface area contributed by atoms with Crippen molar-refractivity contribution in [3.05, 3.63) is 11.1 Å². The molecule has 162 valence electrons. The van der Waals surface area contributed by atoms with Crippen molar-refractivity contribution in [2.24, 2.45) is 28.6 Å². The standard InChI is InChI=1S/C25H40N2O2/c1-15-14-18-16-8-9-19-24(5,13-11-20(28)27(19)7)17(16)10-12-25(18,6)21(15)22(29)26-23(2,3)4/h16-19H,8-14H2,1-7H3,(H,26,29)/t16-,17+,18+,19-,24-,25+/m1/s1. The lowest BCUT2D eigenvalue weighted by Crippen LogP contribution is -2.61. The molecule has 3 fully saturated rings. The van der Waals surface area contributed by atoms with Crippen LogP contribution in [0.2, 0.25) is 0 Å². The molecular weight excluding hydrogens is 360 g/mol. The zero-order valence-corrected chi connectivity index (χ0v) is 19.5. The number of hydrogen-bond donors (Lipinski definition) is 1. The number of carbonyl (C=O) groups excluding carboxylic acids is 2. The molecule has 0 radical (unpaired) electrons. The molecule has 0 aromatic carbocycles. The maximum atomic E-state index is 13.2. The number of rotatable bonds is 1. The summed E-state index contributed by atoms with van der Waals surface area (Å²) in [5, 5.41) is 3.24. The van der Waals surface area contributed by atoms with Crippen molar-refractivity contribution in [2.45, 2.75) is 98.1 Å². The van der Waals surface area contributed by atoms with Crippen LogP contribution >= 0.6 is 0 Å². The van der Waals surface area contributed by atoms with Gasteiger partial charge in [0, 0.05) is 36.0 Å². The number of nitrogens with zero attached hydrogens (tertiary/aromatic N) is 1. The summed E-state index contributed by atoms with van der Waals surface area (Å²) in [7, 11) is 2.02. The van der Waals surface area contributed by atoms with Gasteiger partial charge in [0.05, 0.1) is 0 Å². The predicted molar refractivity (Wildman–Crippen MR) is 116 cm³/mol. The molecule has 6 atom stereocenters. The molecule has 4 rings (SSSR count). The Morgan fingerprint density at radius 1 is 1.10 bits per heavy atom. The number of fused-ring (bicyclic) bond motifs is 5. The van der Waals surface area contributed by atoms with Crippen LogP contribution < -0.4 is 5.32 Å². The van der Waals surface area contributed by atoms with Crippen LogP contribution in [-0.4, -0.2) is 35.3 Å². The van der Waals surface area contributed by atoms with Crippen molar-refractivity contribution < 1.29 is 9.59 Å². The monoisotopic (exact) mass is 400 g/mol. The first-order valence-electron chi connectivity index (χ1n) is 11.7. The molecule has 1 saturated heterocycles. The minimum absolute atomic E-state index is 0.000167. The van der Waals surface area contributed by atoms with Gasteiger partial charge in [-0.2, -0.15) is 0 Å². The number of nitrogens with one attached hydrogen (secondary N) is 1. The van der Waals surface area contributed by atoms with E-state index in [2.05, 4.69) is 51.8 Å². The minimum atomic E-state index is -0.208. The van der Waals surface area contributed by atoms with E-state index in [-0.39, 0.29) is 22.3 Å². The molecule has 0 aromatic heterocycles. The molecule has 1 heterocycles. The zero-order chi connectivity index (χ0) is 21.4. The third-order valence-electron chi connectivity index (χ3n) is 9.19. The largest absolute Gasteiger partial charge is 0.348 e. The van der Waals surface area contributed by atoms with Crippen LogP contribution in [0, 0.1) is 28.6 Å². The van der Waals surface area contributed by atoms with Crippen molar-refractivity contribution in [1.82, 2.24) is 10.2 Å². The van der Waals surface area contributed by atoms with Crippen LogP contribution in [0.25, 0.3) is 0 Å². The molecule has 4 nitrogen and oxygen atoms in total. The van der Waals surface area contributed by atoms with Crippen LogP contribution in [0.1, 0.15) is 86.5 Å². The highest BCUT2D eigenvalue weighted by Gasteiger charge is 2.61. The van der Waals surface area contributed by atoms with Gasteiger partial charge < -0.3 is 10.2 Å². The number of likely N-dealkylation sites (tertiary alicyclic amines) is 1. The molecule has 3 aliphatic carbocycles. The summed E-state index contributed by atoms with van der Waals surface area (Å²) >= 11 is 0. The smallest absolute Gasteiger partial charge is 0.248 e. The van der Waals surface area contributed by atoms with Gasteiger partial charge in [-0.25, -0.2) is 0 Å². The second-order valence-electron chi connectivity index (χ2n) is 12.0. The van der Waals surface area contributed by atoms with E-state index in [9.17, 15) is 9.59 Å². The van der Waals surface area contributed by atoms with E-state index in [1.54, 1.807) is 0 Å². The first-order chi connectivity index (χ1) is 13.4. The van der Waals surface area contributed by atoms with Crippen LogP contribution in [0.3, 0.4) is 0 Å². The van der Waals surface area contributed by atoms with Gasteiger partial charge in [0.25, 0.3) is 0 Å². The lowest BCUT2D eigenvalue weighted by Gasteiger charge is -2.61. The second-order valence-corrected chi connectivity index (χ2v) is 12.0. The number of allylic oxidation sites excluding steroid dienone is 1. The van der Waals surface area contributed by atoms with Gasteiger partial charge in [-0.3, -0.25) is 9.59 Å². The second kappa shape index (κ2) is 6.59. The fourth-order valence-electron chi connectivity index (χ4n) is 7.93. The first kappa shape index (κ1) is 20.9. The molecule has 2 saturated carbocycles. The number of carbonyl (C=O) groups is 2. The highest BCUT2D eigenvalue weighted by atomic mass is 16.2. The van der Waals surface area contributed by atoms with E-state index in [0.29, 0.717) is 36.1 Å². The van der Waals surface area contributed by atoms with E-state index in [1.807, 2.05) is 7.05 Å². The summed E-state index contributed by atoms with van der Waals surface area (Å²) < 4.78 is 0. The SMILES string of the molecule is CC1=C(C(=O)NC(C)(C)C)[C@@]2(C)CC[C@H]3[C@@H](CC[C@H]4N(C)C(=O)CC[C@]34C)[C@@H]2C1. The molecule has 29 heavy (non-hydrogen) atoms. The summed E-state index contributed by atoms with van der Waals surface area (Å²) in [6.07, 6.45) is 7.41. The molecule has 2 amide bonds. The Kier molecular flexibility index (Phi) is 4.76. The fourth-order valence-corrected chi connectivity index (χ4v) is 7.93. The first-order valence-corrected chi connectivity index (χ1v) is 11.7. The highest BCUT2D eigenvalue weighted by Crippen LogP contribution is 2.65. The van der Waals surface area contributed by atoms with Crippen molar-refractivity contribution in [2.75, 3.05) is 7.05 Å². The van der Waals surface area contributed by atoms with Crippen LogP contribution in [-0.2, 0) is 9.59 Å². The molecule has 1 N–H and O–H groups in total. The maximum absolute atomic E-state index is 13.2. The topological polar surface area (TPSA) is 49.4 Å². The molecule has 0 bridgehead atoms. The molecule has 4 heteroatoms. The van der Waals surface area contributed by atoms with E-state index in [4.69, 9.17) is 0 Å². The Balaban J connectivity index is 1.62. The maximum Gasteiger partial charge on any atom is 0.248 e. The van der Waals surface area contributed by atoms with E-state index < -0.39 is 0 Å². The molecule has 0 spiro atoms. The third kappa shape index (κ3) is 3.08. The Labute approximate surface area is 176 Å². The summed E-state index contributed by atoms with van der Waals surface area (Å²) in [5.74, 6) is 2.40. The Hall–Kier alpha value is -1.32. The minimum Gasteiger partial charge on any atom is -0.348 e. The summed E-state index contributed by atoms with van der Waals surface area (Å²) in [6.45, 7) is 13.2. The molecule has 0 aromatic rings. The molecular formula is C25H40N2O2. The Bertz CT molecular complexity index is 763. The van der Waals surface area contributed by atoms with Gasteiger partial charge in [0.2, 0.25) is 11.8 Å². The van der Waals surface area contributed by atoms with Gasteiger partial charge in [-0.15, -0.1) is 0 Å². The lowest BCUT2D eigenvalue weighted by molar-refractivity contribution is -0.156. The van der Waals surface area contributed by atoms with Crippen LogP contribution in [0.15, 0.2) is 11.1 Å². The van der Waals surface area contributed by atoms with Crippen molar-refractivity contribution in [3.63, 3.8) is 0 Å². The number of amides is 2. The number of piperidine rings is 1. The van der Waals surface area contributed by atoms with Gasteiger partial charge in [-0.1, -0.05) is 19.4 Å². The lowest BCUT2D eigenvalue weighted by atomic mass is 9.47. The van der Waals surface area contributed by atoms with Crippen LogP contribution in [0.5, 0.6) is 0 Å². The molecule has 0 unspecified atom stereocenters. The van der Waals surface area contributed by atoms with Gasteiger partial charge in [0.15, 0.2) is 0 Å². The third-order valence-corrected chi connectivity index (χ3v) is 9.19. The van der Waals surface area contributed by atoms with Crippen molar-refractivity contribution >= 4 is 11.8 Å². The van der Waals surface area contributed by atoms with E-state index >= 15 is 0 Å². The zero-order valence-electron chi connectivity index (χ0n) is 19.5. The highest BCUT2D eigenvalue weighted by molar-refractivity contribution is 5.96. The summed E-state index contributed by atoms with van der Waals surface area (Å²) in [4.78, 5) is 27.6. The predicted octanol–water partition coefficient (Wildman–Crippen LogP) is 4.69. The number of hydrogen-bond acceptors (Lipinski definition) is 2. The van der Waals surface area contributed by atoms with Gasteiger partial charge >= 0.3 is 0 Å². The fraction of sp³-hybridized carbons (Fsp3) is 0.840. The summed E-state index contributed by atoms with van der Waals surface area (Å²) in [6, 6.07) is 0.397. The van der Waals surface area contributed by atoms with Crippen molar-refractivity contribution in [3.8, 4) is 0 Å². The van der Waals surface area contributed by atoms with E-state index in [1.165, 1.54) is 18.4 Å². The Morgan fingerprint density at radius 2 is 1.79 bits per heavy atom. The average Bonchev–Trinajstić information content (AvgIpc) is 2.87. The summed E-state index contributed by atoms with van der Waals surface area (Å²) in [5.41, 5.74) is 2.42. The average molecular weight is 401 g/mol. The molecule has 1 aliphatic heterocycles. The van der Waals surface area contributed by atoms with E-state index in [0.717, 1.165) is 31.3 Å². The van der Waals surface area contributed by atoms with Crippen molar-refractivity contribution in [1.29, 1.82) is 0 Å². The van der Waals surface area contributed by atoms with Crippen LogP contribution in [0.4, 0.5) is 0 Å². The Morgan fingerprint density at radius 3 is 2.45 bits per heavy atom. The van der Waals surface area contributed by atoms with Gasteiger partial charge in [0.1, 0.15) is 0 Å². The van der Waals surface area contributed by atoms with Gasteiger partial charge in [-0.05, 0) is 89.4 Å².